The Bertz CT molecular complexity index is 756. The summed E-state index contributed by atoms with van der Waals surface area (Å²) in [5.74, 6) is 0.762. The van der Waals surface area contributed by atoms with Crippen LogP contribution in [-0.4, -0.2) is 18.6 Å². The molecule has 20 heavy (non-hydrogen) atoms. The molecule has 6 nitrogen and oxygen atoms in total. The number of rotatable bonds is 4. The fourth-order valence-corrected chi connectivity index (χ4v) is 4.31. The lowest BCUT2D eigenvalue weighted by atomic mass is 10.4. The zero-order chi connectivity index (χ0) is 14.3. The van der Waals surface area contributed by atoms with E-state index in [1.165, 1.54) is 6.07 Å². The predicted octanol–water partition coefficient (Wildman–Crippen LogP) is 3.27. The van der Waals surface area contributed by atoms with E-state index in [9.17, 15) is 8.42 Å². The molecule has 0 bridgehead atoms. The summed E-state index contributed by atoms with van der Waals surface area (Å²) in [4.78, 5) is 0.104. The Kier molecular flexibility index (Phi) is 3.59. The topological polar surface area (TPSA) is 85.1 Å². The first kappa shape index (κ1) is 14.0. The molecule has 1 aromatic carbocycles. The van der Waals surface area contributed by atoms with Gasteiger partial charge in [-0.15, -0.1) is 5.10 Å². The van der Waals surface area contributed by atoms with Gasteiger partial charge in [0.05, 0.1) is 0 Å². The van der Waals surface area contributed by atoms with Crippen molar-refractivity contribution in [2.45, 2.75) is 23.7 Å². The van der Waals surface area contributed by atoms with Crippen LogP contribution < -0.4 is 4.72 Å². The Hall–Kier alpha value is -0.930. The molecule has 0 aliphatic heterocycles. The van der Waals surface area contributed by atoms with Crippen molar-refractivity contribution in [1.29, 1.82) is 0 Å². The highest BCUT2D eigenvalue weighted by atomic mass is 79.9. The zero-order valence-electron chi connectivity index (χ0n) is 10.0. The normalized spacial score (nSPS) is 15.3. The predicted molar refractivity (Wildman–Crippen MR) is 78.9 cm³/mol. The molecule has 9 heteroatoms. The maximum absolute atomic E-state index is 12.2. The third kappa shape index (κ3) is 2.89. The largest absolute Gasteiger partial charge is 0.407 e. The Labute approximate surface area is 132 Å². The fraction of sp³-hybridized carbons (Fsp3) is 0.273. The summed E-state index contributed by atoms with van der Waals surface area (Å²) in [5.41, 5.74) is 0. The molecule has 0 saturated heterocycles. The first-order valence-electron chi connectivity index (χ1n) is 5.77. The van der Waals surface area contributed by atoms with Gasteiger partial charge in [0.15, 0.2) is 0 Å². The summed E-state index contributed by atoms with van der Waals surface area (Å²) in [6.45, 7) is 0. The lowest BCUT2D eigenvalue weighted by Gasteiger charge is -2.06. The lowest BCUT2D eigenvalue weighted by molar-refractivity contribution is 0.510. The smallest absolute Gasteiger partial charge is 0.329 e. The number of halogens is 2. The molecular weight excluding hydrogens is 414 g/mol. The van der Waals surface area contributed by atoms with E-state index >= 15 is 0 Å². The number of benzene rings is 1. The van der Waals surface area contributed by atoms with Gasteiger partial charge in [0.2, 0.25) is 5.89 Å². The fourth-order valence-electron chi connectivity index (χ4n) is 1.63. The second-order valence-corrected chi connectivity index (χ2v) is 7.82. The van der Waals surface area contributed by atoms with Gasteiger partial charge in [0.1, 0.15) is 4.90 Å². The van der Waals surface area contributed by atoms with Gasteiger partial charge in [0, 0.05) is 14.9 Å². The molecular formula is C11H9Br2N3O3S. The van der Waals surface area contributed by atoms with Crippen LogP contribution in [0.25, 0.3) is 0 Å². The van der Waals surface area contributed by atoms with Crippen LogP contribution in [0.15, 0.2) is 36.5 Å². The number of sulfonamides is 1. The Balaban J connectivity index is 1.87. The van der Waals surface area contributed by atoms with Crippen LogP contribution in [0.4, 0.5) is 6.01 Å². The summed E-state index contributed by atoms with van der Waals surface area (Å²) >= 11 is 6.49. The minimum absolute atomic E-state index is 0.104. The first-order valence-corrected chi connectivity index (χ1v) is 8.84. The van der Waals surface area contributed by atoms with Crippen molar-refractivity contribution >= 4 is 47.9 Å². The minimum atomic E-state index is -3.77. The van der Waals surface area contributed by atoms with Crippen LogP contribution in [0, 0.1) is 0 Å². The number of anilines is 1. The molecule has 1 aliphatic rings. The Morgan fingerprint density at radius 1 is 1.25 bits per heavy atom. The lowest BCUT2D eigenvalue weighted by Crippen LogP contribution is -2.13. The van der Waals surface area contributed by atoms with Crippen LogP contribution >= 0.6 is 31.9 Å². The third-order valence-electron chi connectivity index (χ3n) is 2.77. The maximum atomic E-state index is 12.2. The standard InChI is InChI=1S/C11H9Br2N3O3S/c12-7-3-4-9(8(13)5-7)20(17,18)16-11-15-14-10(19-11)6-1-2-6/h3-6H,1-2H2,(H,15,16). The molecule has 1 N–H and O–H groups in total. The number of nitrogens with zero attached hydrogens (tertiary/aromatic N) is 2. The quantitative estimate of drug-likeness (QED) is 0.817. The summed E-state index contributed by atoms with van der Waals surface area (Å²) in [6.07, 6.45) is 2.01. The molecule has 2 aromatic rings. The van der Waals surface area contributed by atoms with Crippen LogP contribution in [0.3, 0.4) is 0 Å². The van der Waals surface area contributed by atoms with E-state index in [1.807, 2.05) is 0 Å². The molecule has 1 aromatic heterocycles. The van der Waals surface area contributed by atoms with E-state index in [0.717, 1.165) is 17.3 Å². The second-order valence-electron chi connectivity index (χ2n) is 4.40. The average molecular weight is 423 g/mol. The van der Waals surface area contributed by atoms with Gasteiger partial charge in [-0.25, -0.2) is 13.1 Å². The van der Waals surface area contributed by atoms with E-state index in [4.69, 9.17) is 4.42 Å². The second kappa shape index (κ2) is 5.12. The van der Waals surface area contributed by atoms with Crippen LogP contribution in [0.5, 0.6) is 0 Å². The van der Waals surface area contributed by atoms with Gasteiger partial charge in [-0.1, -0.05) is 21.0 Å². The summed E-state index contributed by atoms with van der Waals surface area (Å²) in [6, 6.07) is 4.66. The Morgan fingerprint density at radius 3 is 2.65 bits per heavy atom. The van der Waals surface area contributed by atoms with Crippen molar-refractivity contribution in [2.75, 3.05) is 4.72 Å². The van der Waals surface area contributed by atoms with Crippen molar-refractivity contribution < 1.29 is 12.8 Å². The van der Waals surface area contributed by atoms with E-state index in [0.29, 0.717) is 10.4 Å². The van der Waals surface area contributed by atoms with Crippen LogP contribution in [0.1, 0.15) is 24.7 Å². The maximum Gasteiger partial charge on any atom is 0.329 e. The molecule has 0 amide bonds. The molecule has 1 fully saturated rings. The summed E-state index contributed by atoms with van der Waals surface area (Å²) in [7, 11) is -3.77. The van der Waals surface area contributed by atoms with Gasteiger partial charge < -0.3 is 4.42 Å². The number of hydrogen-bond donors (Lipinski definition) is 1. The average Bonchev–Trinajstić information content (AvgIpc) is 3.10. The van der Waals surface area contributed by atoms with Crippen molar-refractivity contribution in [3.8, 4) is 0 Å². The molecule has 0 spiro atoms. The van der Waals surface area contributed by atoms with Gasteiger partial charge in [0.25, 0.3) is 10.0 Å². The zero-order valence-corrected chi connectivity index (χ0v) is 14.0. The van der Waals surface area contributed by atoms with E-state index in [1.54, 1.807) is 12.1 Å². The Morgan fingerprint density at radius 2 is 2.00 bits per heavy atom. The first-order chi connectivity index (χ1) is 9.45. The molecule has 0 radical (unpaired) electrons. The highest BCUT2D eigenvalue weighted by Gasteiger charge is 2.30. The SMILES string of the molecule is O=S(=O)(Nc1nnc(C2CC2)o1)c1ccc(Br)cc1Br. The monoisotopic (exact) mass is 421 g/mol. The van der Waals surface area contributed by atoms with E-state index in [-0.39, 0.29) is 16.8 Å². The molecule has 1 heterocycles. The highest BCUT2D eigenvalue weighted by molar-refractivity contribution is 9.11. The van der Waals surface area contributed by atoms with Crippen LogP contribution in [-0.2, 0) is 10.0 Å². The summed E-state index contributed by atoms with van der Waals surface area (Å²) < 4.78 is 33.3. The van der Waals surface area contributed by atoms with Crippen molar-refractivity contribution in [3.05, 3.63) is 33.0 Å². The number of hydrogen-bond acceptors (Lipinski definition) is 5. The van der Waals surface area contributed by atoms with Crippen molar-refractivity contribution in [1.82, 2.24) is 10.2 Å². The molecule has 106 valence electrons. The molecule has 3 rings (SSSR count). The number of aromatic nitrogens is 2. The molecule has 1 aliphatic carbocycles. The highest BCUT2D eigenvalue weighted by Crippen LogP contribution is 2.39. The van der Waals surface area contributed by atoms with E-state index in [2.05, 4.69) is 46.8 Å². The number of nitrogens with one attached hydrogen (secondary N) is 1. The molecule has 0 atom stereocenters. The van der Waals surface area contributed by atoms with E-state index < -0.39 is 10.0 Å². The molecule has 1 saturated carbocycles. The minimum Gasteiger partial charge on any atom is -0.407 e. The van der Waals surface area contributed by atoms with Gasteiger partial charge in [-0.2, -0.15) is 0 Å². The third-order valence-corrected chi connectivity index (χ3v) is 5.56. The molecule has 0 unspecified atom stereocenters. The van der Waals surface area contributed by atoms with Crippen LogP contribution in [0.2, 0.25) is 0 Å². The van der Waals surface area contributed by atoms with Crippen molar-refractivity contribution in [2.24, 2.45) is 0 Å². The van der Waals surface area contributed by atoms with Crippen molar-refractivity contribution in [3.63, 3.8) is 0 Å². The summed E-state index contributed by atoms with van der Waals surface area (Å²) in [5, 5.41) is 7.53. The van der Waals surface area contributed by atoms with Gasteiger partial charge in [-0.3, -0.25) is 0 Å². The van der Waals surface area contributed by atoms with Gasteiger partial charge in [-0.05, 0) is 47.0 Å². The van der Waals surface area contributed by atoms with Gasteiger partial charge >= 0.3 is 6.01 Å².